The van der Waals surface area contributed by atoms with E-state index in [0.29, 0.717) is 12.2 Å². The molecule has 0 saturated carbocycles. The third-order valence-corrected chi connectivity index (χ3v) is 1.98. The van der Waals surface area contributed by atoms with Gasteiger partial charge < -0.3 is 15.2 Å². The van der Waals surface area contributed by atoms with Gasteiger partial charge in [0.1, 0.15) is 0 Å². The molecule has 0 bridgehead atoms. The zero-order valence-electron chi connectivity index (χ0n) is 8.69. The number of hydrogen-bond acceptors (Lipinski definition) is 4. The van der Waals surface area contributed by atoms with Crippen molar-refractivity contribution in [1.82, 2.24) is 10.1 Å². The Kier molecular flexibility index (Phi) is 3.79. The summed E-state index contributed by atoms with van der Waals surface area (Å²) in [5, 5.41) is 3.65. The molecular formula is C9H13N3O2S. The third-order valence-electron chi connectivity index (χ3n) is 1.85. The highest BCUT2D eigenvalue weighted by Gasteiger charge is 2.18. The van der Waals surface area contributed by atoms with Crippen LogP contribution in [0, 0.1) is 6.92 Å². The largest absolute Gasteiger partial charge is 0.392 e. The average molecular weight is 227 g/mol. The van der Waals surface area contributed by atoms with E-state index in [1.165, 1.54) is 4.90 Å². The van der Waals surface area contributed by atoms with E-state index in [2.05, 4.69) is 5.16 Å². The summed E-state index contributed by atoms with van der Waals surface area (Å²) in [5.74, 6) is -0.0310. The Balaban J connectivity index is 2.77. The first kappa shape index (κ1) is 11.6. The number of carbonyl (C=O) groups excluding carboxylic acids is 1. The summed E-state index contributed by atoms with van der Waals surface area (Å²) in [4.78, 5) is 13.6. The molecule has 1 rings (SSSR count). The fourth-order valence-electron chi connectivity index (χ4n) is 1.14. The van der Waals surface area contributed by atoms with E-state index in [1.54, 1.807) is 13.0 Å². The monoisotopic (exact) mass is 227 g/mol. The van der Waals surface area contributed by atoms with Crippen LogP contribution in [-0.4, -0.2) is 34.0 Å². The van der Waals surface area contributed by atoms with Crippen molar-refractivity contribution in [3.8, 4) is 0 Å². The first-order chi connectivity index (χ1) is 7.04. The lowest BCUT2D eigenvalue weighted by molar-refractivity contribution is 0.0746. The van der Waals surface area contributed by atoms with Gasteiger partial charge in [-0.15, -0.1) is 0 Å². The molecule has 0 aliphatic carbocycles. The molecule has 6 heteroatoms. The highest BCUT2D eigenvalue weighted by molar-refractivity contribution is 7.80. The number of thiocarbonyl (C=S) groups is 1. The van der Waals surface area contributed by atoms with Gasteiger partial charge in [0.25, 0.3) is 5.91 Å². The van der Waals surface area contributed by atoms with Crippen LogP contribution in [0.3, 0.4) is 0 Å². The van der Waals surface area contributed by atoms with Crippen LogP contribution in [0.25, 0.3) is 0 Å². The Labute approximate surface area is 93.2 Å². The second kappa shape index (κ2) is 4.88. The number of nitrogens with zero attached hydrogens (tertiary/aromatic N) is 2. The Morgan fingerprint density at radius 2 is 2.40 bits per heavy atom. The van der Waals surface area contributed by atoms with E-state index in [4.69, 9.17) is 22.5 Å². The summed E-state index contributed by atoms with van der Waals surface area (Å²) in [6.45, 7) is 4.38. The molecule has 0 atom stereocenters. The van der Waals surface area contributed by atoms with Gasteiger partial charge in [0, 0.05) is 12.6 Å². The molecule has 82 valence electrons. The molecule has 5 nitrogen and oxygen atoms in total. The summed E-state index contributed by atoms with van der Waals surface area (Å²) < 4.78 is 4.87. The summed E-state index contributed by atoms with van der Waals surface area (Å²) in [7, 11) is 0. The number of nitrogens with two attached hydrogens (primary N) is 1. The standard InChI is InChI=1S/C9H13N3O2S/c1-3-12(5-8(10)15)9(13)7-4-6(2)11-14-7/h4H,3,5H2,1-2H3,(H2,10,15). The molecule has 1 heterocycles. The number of hydrogen-bond donors (Lipinski definition) is 1. The van der Waals surface area contributed by atoms with E-state index in [9.17, 15) is 4.79 Å². The lowest BCUT2D eigenvalue weighted by atomic mass is 10.3. The van der Waals surface area contributed by atoms with Crippen molar-refractivity contribution in [2.24, 2.45) is 5.73 Å². The zero-order chi connectivity index (χ0) is 11.4. The van der Waals surface area contributed by atoms with Crippen LogP contribution >= 0.6 is 12.2 Å². The number of rotatable bonds is 4. The van der Waals surface area contributed by atoms with Crippen LogP contribution in [0.2, 0.25) is 0 Å². The summed E-state index contributed by atoms with van der Waals surface area (Å²) in [6, 6.07) is 1.59. The highest BCUT2D eigenvalue weighted by atomic mass is 32.1. The normalized spacial score (nSPS) is 10.0. The molecule has 0 aliphatic heterocycles. The minimum absolute atomic E-state index is 0.214. The van der Waals surface area contributed by atoms with Gasteiger partial charge in [0.15, 0.2) is 0 Å². The minimum Gasteiger partial charge on any atom is -0.392 e. The van der Waals surface area contributed by atoms with Gasteiger partial charge in [0.05, 0.1) is 17.2 Å². The van der Waals surface area contributed by atoms with Crippen molar-refractivity contribution in [3.05, 3.63) is 17.5 Å². The van der Waals surface area contributed by atoms with Crippen LogP contribution in [0.4, 0.5) is 0 Å². The molecule has 0 aromatic carbocycles. The summed E-state index contributed by atoms with van der Waals surface area (Å²) in [5.41, 5.74) is 6.05. The van der Waals surface area contributed by atoms with Crippen LogP contribution in [0.1, 0.15) is 23.2 Å². The van der Waals surface area contributed by atoms with Crippen LogP contribution < -0.4 is 5.73 Å². The maximum atomic E-state index is 11.8. The van der Waals surface area contributed by atoms with Gasteiger partial charge in [-0.25, -0.2) is 0 Å². The van der Waals surface area contributed by atoms with Crippen molar-refractivity contribution >= 4 is 23.1 Å². The number of likely N-dealkylation sites (N-methyl/N-ethyl adjacent to an activating group) is 1. The van der Waals surface area contributed by atoms with E-state index in [1.807, 2.05) is 6.92 Å². The van der Waals surface area contributed by atoms with Crippen molar-refractivity contribution < 1.29 is 9.32 Å². The summed E-state index contributed by atoms with van der Waals surface area (Å²) >= 11 is 4.75. The second-order valence-electron chi connectivity index (χ2n) is 3.12. The molecule has 0 radical (unpaired) electrons. The molecule has 2 N–H and O–H groups in total. The average Bonchev–Trinajstić information content (AvgIpc) is 2.60. The number of aryl methyl sites for hydroxylation is 1. The van der Waals surface area contributed by atoms with Crippen molar-refractivity contribution in [2.45, 2.75) is 13.8 Å². The van der Waals surface area contributed by atoms with Gasteiger partial charge in [0.2, 0.25) is 5.76 Å². The van der Waals surface area contributed by atoms with Gasteiger partial charge in [-0.1, -0.05) is 17.4 Å². The fraction of sp³-hybridized carbons (Fsp3) is 0.444. The smallest absolute Gasteiger partial charge is 0.292 e. The Bertz CT molecular complexity index is 375. The Morgan fingerprint density at radius 1 is 1.73 bits per heavy atom. The van der Waals surface area contributed by atoms with Gasteiger partial charge >= 0.3 is 0 Å². The van der Waals surface area contributed by atoms with Crippen LogP contribution in [0.15, 0.2) is 10.6 Å². The molecule has 0 unspecified atom stereocenters. The quantitative estimate of drug-likeness (QED) is 0.768. The molecule has 0 aliphatic rings. The zero-order valence-corrected chi connectivity index (χ0v) is 9.50. The van der Waals surface area contributed by atoms with Gasteiger partial charge in [-0.3, -0.25) is 4.79 Å². The molecule has 15 heavy (non-hydrogen) atoms. The SMILES string of the molecule is CCN(CC(N)=S)C(=O)c1cc(C)no1. The number of aromatic nitrogens is 1. The van der Waals surface area contributed by atoms with E-state index in [0.717, 1.165) is 0 Å². The highest BCUT2D eigenvalue weighted by Crippen LogP contribution is 2.06. The predicted octanol–water partition coefficient (Wildman–Crippen LogP) is 0.731. The fourth-order valence-corrected chi connectivity index (χ4v) is 1.29. The van der Waals surface area contributed by atoms with Crippen molar-refractivity contribution in [1.29, 1.82) is 0 Å². The maximum Gasteiger partial charge on any atom is 0.292 e. The van der Waals surface area contributed by atoms with Gasteiger partial charge in [-0.2, -0.15) is 0 Å². The molecule has 1 aromatic rings. The third kappa shape index (κ3) is 3.02. The summed E-state index contributed by atoms with van der Waals surface area (Å²) in [6.07, 6.45) is 0. The van der Waals surface area contributed by atoms with E-state index < -0.39 is 0 Å². The van der Waals surface area contributed by atoms with Crippen LogP contribution in [-0.2, 0) is 0 Å². The van der Waals surface area contributed by atoms with Crippen molar-refractivity contribution in [2.75, 3.05) is 13.1 Å². The van der Waals surface area contributed by atoms with E-state index in [-0.39, 0.29) is 23.2 Å². The second-order valence-corrected chi connectivity index (χ2v) is 3.64. The molecule has 0 fully saturated rings. The minimum atomic E-state index is -0.245. The molecule has 1 aromatic heterocycles. The van der Waals surface area contributed by atoms with Crippen LogP contribution in [0.5, 0.6) is 0 Å². The Morgan fingerprint density at radius 3 is 2.80 bits per heavy atom. The molecule has 0 spiro atoms. The predicted molar refractivity (Wildman–Crippen MR) is 59.6 cm³/mol. The maximum absolute atomic E-state index is 11.8. The first-order valence-corrected chi connectivity index (χ1v) is 4.96. The Hall–Kier alpha value is -1.43. The lowest BCUT2D eigenvalue weighted by Gasteiger charge is -2.17. The topological polar surface area (TPSA) is 72.4 Å². The number of carbonyl (C=O) groups is 1. The molecule has 1 amide bonds. The first-order valence-electron chi connectivity index (χ1n) is 4.55. The molecular weight excluding hydrogens is 214 g/mol. The molecule has 0 saturated heterocycles. The lowest BCUT2D eigenvalue weighted by Crippen LogP contribution is -2.37. The van der Waals surface area contributed by atoms with E-state index >= 15 is 0 Å². The number of amides is 1. The van der Waals surface area contributed by atoms with Crippen molar-refractivity contribution in [3.63, 3.8) is 0 Å². The van der Waals surface area contributed by atoms with Gasteiger partial charge in [-0.05, 0) is 13.8 Å².